The number of halogens is 1. The Morgan fingerprint density at radius 2 is 2.25 bits per heavy atom. The number of thiophene rings is 1. The Morgan fingerprint density at radius 3 is 3.00 bits per heavy atom. The second kappa shape index (κ2) is 4.91. The van der Waals surface area contributed by atoms with Crippen LogP contribution in [0.2, 0.25) is 0 Å². The van der Waals surface area contributed by atoms with Crippen LogP contribution in [0.1, 0.15) is 17.9 Å². The average Bonchev–Trinajstić information content (AvgIpc) is 2.68. The molecule has 1 aromatic heterocycles. The summed E-state index contributed by atoms with van der Waals surface area (Å²) in [4.78, 5) is 0.814. The molecule has 0 fully saturated rings. The quantitative estimate of drug-likeness (QED) is 0.889. The number of ether oxygens (including phenoxy) is 1. The van der Waals surface area contributed by atoms with E-state index < -0.39 is 6.10 Å². The van der Waals surface area contributed by atoms with E-state index >= 15 is 0 Å². The fourth-order valence-electron chi connectivity index (χ4n) is 1.51. The summed E-state index contributed by atoms with van der Waals surface area (Å²) in [6.45, 7) is 2.75. The van der Waals surface area contributed by atoms with Gasteiger partial charge < -0.3 is 9.84 Å². The SMILES string of the molecule is CCOCC(O)c1cc2cc(F)ccc2s1. The number of aliphatic hydroxyl groups excluding tert-OH is 1. The number of hydrogen-bond donors (Lipinski definition) is 1. The van der Waals surface area contributed by atoms with Crippen molar-refractivity contribution in [3.8, 4) is 0 Å². The number of aliphatic hydroxyl groups is 1. The van der Waals surface area contributed by atoms with Crippen LogP contribution < -0.4 is 0 Å². The molecule has 2 nitrogen and oxygen atoms in total. The van der Waals surface area contributed by atoms with Crippen LogP contribution in [0.25, 0.3) is 10.1 Å². The molecule has 1 aromatic carbocycles. The van der Waals surface area contributed by atoms with Gasteiger partial charge in [0, 0.05) is 16.2 Å². The third kappa shape index (κ3) is 2.40. The van der Waals surface area contributed by atoms with Crippen molar-refractivity contribution in [2.75, 3.05) is 13.2 Å². The molecule has 1 heterocycles. The van der Waals surface area contributed by atoms with E-state index in [2.05, 4.69) is 0 Å². The minimum atomic E-state index is -0.625. The third-order valence-electron chi connectivity index (χ3n) is 2.31. The lowest BCUT2D eigenvalue weighted by Crippen LogP contribution is -2.04. The molecule has 16 heavy (non-hydrogen) atoms. The van der Waals surface area contributed by atoms with Crippen molar-refractivity contribution < 1.29 is 14.2 Å². The summed E-state index contributed by atoms with van der Waals surface area (Å²) in [6.07, 6.45) is -0.625. The van der Waals surface area contributed by atoms with Crippen molar-refractivity contribution in [1.82, 2.24) is 0 Å². The molecule has 4 heteroatoms. The van der Waals surface area contributed by atoms with Crippen molar-refractivity contribution >= 4 is 21.4 Å². The Bertz CT molecular complexity index is 481. The Kier molecular flexibility index (Phi) is 3.53. The number of benzene rings is 1. The highest BCUT2D eigenvalue weighted by molar-refractivity contribution is 7.19. The van der Waals surface area contributed by atoms with Crippen LogP contribution in [0.4, 0.5) is 4.39 Å². The molecule has 0 bridgehead atoms. The summed E-state index contributed by atoms with van der Waals surface area (Å²) >= 11 is 1.47. The van der Waals surface area contributed by atoms with Crippen molar-refractivity contribution in [1.29, 1.82) is 0 Å². The molecule has 1 atom stereocenters. The van der Waals surface area contributed by atoms with Gasteiger partial charge in [-0.3, -0.25) is 0 Å². The molecule has 0 saturated heterocycles. The van der Waals surface area contributed by atoms with E-state index in [9.17, 15) is 9.50 Å². The summed E-state index contributed by atoms with van der Waals surface area (Å²) in [5.41, 5.74) is 0. The molecule has 1 unspecified atom stereocenters. The van der Waals surface area contributed by atoms with Crippen LogP contribution in [0.3, 0.4) is 0 Å². The van der Waals surface area contributed by atoms with Gasteiger partial charge in [0.1, 0.15) is 11.9 Å². The summed E-state index contributed by atoms with van der Waals surface area (Å²) < 4.78 is 19.1. The topological polar surface area (TPSA) is 29.5 Å². The molecule has 0 amide bonds. The van der Waals surface area contributed by atoms with Gasteiger partial charge in [-0.05, 0) is 36.6 Å². The molecule has 2 aromatic rings. The van der Waals surface area contributed by atoms with Gasteiger partial charge in [0.15, 0.2) is 0 Å². The molecule has 86 valence electrons. The largest absolute Gasteiger partial charge is 0.385 e. The second-order valence-electron chi connectivity index (χ2n) is 3.51. The predicted molar refractivity (Wildman–Crippen MR) is 63.2 cm³/mol. The molecule has 0 spiro atoms. The minimum absolute atomic E-state index is 0.254. The second-order valence-corrected chi connectivity index (χ2v) is 4.62. The fourth-order valence-corrected chi connectivity index (χ4v) is 2.53. The Morgan fingerprint density at radius 1 is 1.44 bits per heavy atom. The van der Waals surface area contributed by atoms with E-state index in [-0.39, 0.29) is 12.4 Å². The molecule has 0 aliphatic rings. The summed E-state index contributed by atoms with van der Waals surface area (Å²) in [6, 6.07) is 6.44. The monoisotopic (exact) mass is 240 g/mol. The highest BCUT2D eigenvalue weighted by Crippen LogP contribution is 2.30. The maximum absolute atomic E-state index is 13.0. The van der Waals surface area contributed by atoms with Gasteiger partial charge in [0.2, 0.25) is 0 Å². The molecule has 0 radical (unpaired) electrons. The Hall–Kier alpha value is -0.970. The van der Waals surface area contributed by atoms with E-state index in [1.165, 1.54) is 23.5 Å². The fraction of sp³-hybridized carbons (Fsp3) is 0.333. The Balaban J connectivity index is 2.25. The lowest BCUT2D eigenvalue weighted by atomic mass is 10.2. The highest BCUT2D eigenvalue weighted by atomic mass is 32.1. The number of fused-ring (bicyclic) bond motifs is 1. The summed E-state index contributed by atoms with van der Waals surface area (Å²) in [5, 5.41) is 10.6. The molecule has 0 aliphatic heterocycles. The van der Waals surface area contributed by atoms with Gasteiger partial charge in [-0.15, -0.1) is 11.3 Å². The van der Waals surface area contributed by atoms with Gasteiger partial charge in [0.05, 0.1) is 6.61 Å². The van der Waals surface area contributed by atoms with E-state index in [0.29, 0.717) is 6.61 Å². The van der Waals surface area contributed by atoms with Crippen LogP contribution in [-0.2, 0) is 4.74 Å². The van der Waals surface area contributed by atoms with Crippen molar-refractivity contribution in [3.05, 3.63) is 35.0 Å². The van der Waals surface area contributed by atoms with Crippen molar-refractivity contribution in [3.63, 3.8) is 0 Å². The van der Waals surface area contributed by atoms with Crippen molar-refractivity contribution in [2.24, 2.45) is 0 Å². The van der Waals surface area contributed by atoms with Crippen LogP contribution in [0.5, 0.6) is 0 Å². The molecular formula is C12H13FO2S. The van der Waals surface area contributed by atoms with E-state index in [1.807, 2.05) is 13.0 Å². The van der Waals surface area contributed by atoms with Crippen molar-refractivity contribution in [2.45, 2.75) is 13.0 Å². The molecule has 1 N–H and O–H groups in total. The molecule has 0 aliphatic carbocycles. The Labute approximate surface area is 97.3 Å². The summed E-state index contributed by atoms with van der Waals surface area (Å²) in [7, 11) is 0. The predicted octanol–water partition coefficient (Wildman–Crippen LogP) is 3.11. The lowest BCUT2D eigenvalue weighted by Gasteiger charge is -2.07. The van der Waals surface area contributed by atoms with E-state index in [1.54, 1.807) is 6.07 Å². The van der Waals surface area contributed by atoms with Crippen LogP contribution in [-0.4, -0.2) is 18.3 Å². The zero-order valence-corrected chi connectivity index (χ0v) is 9.76. The molecular weight excluding hydrogens is 227 g/mol. The van der Waals surface area contributed by atoms with Crippen LogP contribution >= 0.6 is 11.3 Å². The maximum atomic E-state index is 13.0. The first-order valence-corrected chi connectivity index (χ1v) is 5.97. The van der Waals surface area contributed by atoms with E-state index in [0.717, 1.165) is 15.0 Å². The number of hydrogen-bond acceptors (Lipinski definition) is 3. The lowest BCUT2D eigenvalue weighted by molar-refractivity contribution is 0.0439. The van der Waals surface area contributed by atoms with Crippen LogP contribution in [0, 0.1) is 5.82 Å². The minimum Gasteiger partial charge on any atom is -0.385 e. The third-order valence-corrected chi connectivity index (χ3v) is 3.52. The zero-order valence-electron chi connectivity index (χ0n) is 8.94. The van der Waals surface area contributed by atoms with E-state index in [4.69, 9.17) is 4.74 Å². The first kappa shape index (κ1) is 11.5. The normalized spacial score (nSPS) is 13.2. The molecule has 0 saturated carbocycles. The average molecular weight is 240 g/mol. The first-order chi connectivity index (χ1) is 7.70. The summed E-state index contributed by atoms with van der Waals surface area (Å²) in [5.74, 6) is -0.254. The highest BCUT2D eigenvalue weighted by Gasteiger charge is 2.11. The zero-order chi connectivity index (χ0) is 11.5. The van der Waals surface area contributed by atoms with Crippen LogP contribution in [0.15, 0.2) is 24.3 Å². The van der Waals surface area contributed by atoms with Gasteiger partial charge in [-0.2, -0.15) is 0 Å². The number of rotatable bonds is 4. The molecule has 2 rings (SSSR count). The van der Waals surface area contributed by atoms with Gasteiger partial charge >= 0.3 is 0 Å². The maximum Gasteiger partial charge on any atom is 0.123 e. The van der Waals surface area contributed by atoms with Gasteiger partial charge in [-0.25, -0.2) is 4.39 Å². The smallest absolute Gasteiger partial charge is 0.123 e. The first-order valence-electron chi connectivity index (χ1n) is 5.15. The van der Waals surface area contributed by atoms with Gasteiger partial charge in [-0.1, -0.05) is 0 Å². The standard InChI is InChI=1S/C12H13FO2S/c1-2-15-7-10(14)12-6-8-5-9(13)3-4-11(8)16-12/h3-6,10,14H,2,7H2,1H3. The van der Waals surface area contributed by atoms with Gasteiger partial charge in [0.25, 0.3) is 0 Å².